The van der Waals surface area contributed by atoms with Crippen molar-refractivity contribution in [1.29, 1.82) is 0 Å². The van der Waals surface area contributed by atoms with Crippen LogP contribution in [0.2, 0.25) is 4.34 Å². The Hall–Kier alpha value is -0.380. The Morgan fingerprint density at radius 1 is 1.47 bits per heavy atom. The summed E-state index contributed by atoms with van der Waals surface area (Å²) in [7, 11) is 0. The Morgan fingerprint density at radius 3 is 2.47 bits per heavy atom. The minimum Gasteiger partial charge on any atom is -0.365 e. The molecule has 0 saturated carbocycles. The molecule has 15 heavy (non-hydrogen) atoms. The fraction of sp³-hybridized carbons (Fsp3) is 0.545. The van der Waals surface area contributed by atoms with Crippen LogP contribution in [0.1, 0.15) is 37.4 Å². The molecule has 2 nitrogen and oxygen atoms in total. The number of carbonyl (C=O) groups excluding carboxylic acids is 1. The standard InChI is InChI=1S/C11H15ClO2S/c1-7(14-11(2,3)4)10(13)8-5-6-9(12)15-8/h5-7H,1-4H3. The average Bonchev–Trinajstić information content (AvgIpc) is 2.47. The average molecular weight is 247 g/mol. The number of thiophene rings is 1. The Labute approximate surface area is 99.2 Å². The second-order valence-corrected chi connectivity index (χ2v) is 6.06. The van der Waals surface area contributed by atoms with Gasteiger partial charge in [0.15, 0.2) is 0 Å². The van der Waals surface area contributed by atoms with Crippen LogP contribution in [0.3, 0.4) is 0 Å². The van der Waals surface area contributed by atoms with Crippen molar-refractivity contribution < 1.29 is 9.53 Å². The lowest BCUT2D eigenvalue weighted by Crippen LogP contribution is -2.30. The van der Waals surface area contributed by atoms with E-state index in [9.17, 15) is 4.79 Å². The number of rotatable bonds is 3. The van der Waals surface area contributed by atoms with Crippen LogP contribution in [-0.4, -0.2) is 17.5 Å². The molecule has 1 atom stereocenters. The maximum absolute atomic E-state index is 11.9. The number of ketones is 1. The molecular formula is C11H15ClO2S. The highest BCUT2D eigenvalue weighted by atomic mass is 35.5. The molecule has 1 rings (SSSR count). The van der Waals surface area contributed by atoms with Gasteiger partial charge in [-0.25, -0.2) is 0 Å². The molecule has 0 N–H and O–H groups in total. The van der Waals surface area contributed by atoms with Crippen LogP contribution in [0.15, 0.2) is 12.1 Å². The van der Waals surface area contributed by atoms with Gasteiger partial charge in [-0.15, -0.1) is 11.3 Å². The lowest BCUT2D eigenvalue weighted by atomic mass is 10.1. The number of ether oxygens (including phenoxy) is 1. The van der Waals surface area contributed by atoms with E-state index in [1.54, 1.807) is 19.1 Å². The van der Waals surface area contributed by atoms with Crippen LogP contribution >= 0.6 is 22.9 Å². The predicted octanol–water partition coefficient (Wildman–Crippen LogP) is 3.79. The van der Waals surface area contributed by atoms with Crippen LogP contribution < -0.4 is 0 Å². The zero-order chi connectivity index (χ0) is 11.6. The predicted molar refractivity (Wildman–Crippen MR) is 64.0 cm³/mol. The topological polar surface area (TPSA) is 26.3 Å². The third-order valence-electron chi connectivity index (χ3n) is 1.72. The van der Waals surface area contributed by atoms with Crippen molar-refractivity contribution in [3.63, 3.8) is 0 Å². The zero-order valence-electron chi connectivity index (χ0n) is 9.33. The monoisotopic (exact) mass is 246 g/mol. The van der Waals surface area contributed by atoms with Gasteiger partial charge in [0.25, 0.3) is 0 Å². The van der Waals surface area contributed by atoms with Crippen molar-refractivity contribution in [2.45, 2.75) is 39.4 Å². The Balaban J connectivity index is 2.69. The quantitative estimate of drug-likeness (QED) is 0.759. The van der Waals surface area contributed by atoms with Crippen LogP contribution in [-0.2, 0) is 4.74 Å². The number of carbonyl (C=O) groups is 1. The molecular weight excluding hydrogens is 232 g/mol. The Morgan fingerprint density at radius 2 is 2.07 bits per heavy atom. The number of hydrogen-bond donors (Lipinski definition) is 0. The van der Waals surface area contributed by atoms with E-state index in [2.05, 4.69) is 0 Å². The summed E-state index contributed by atoms with van der Waals surface area (Å²) in [6.07, 6.45) is -0.431. The molecule has 0 aromatic carbocycles. The van der Waals surface area contributed by atoms with Gasteiger partial charge in [-0.05, 0) is 39.8 Å². The van der Waals surface area contributed by atoms with Gasteiger partial charge in [-0.3, -0.25) is 4.79 Å². The second kappa shape index (κ2) is 4.64. The first-order chi connectivity index (χ1) is 6.79. The molecule has 4 heteroatoms. The van der Waals surface area contributed by atoms with Gasteiger partial charge < -0.3 is 4.74 Å². The van der Waals surface area contributed by atoms with Crippen LogP contribution in [0.5, 0.6) is 0 Å². The van der Waals surface area contributed by atoms with Crippen molar-refractivity contribution in [1.82, 2.24) is 0 Å². The molecule has 0 aliphatic carbocycles. The van der Waals surface area contributed by atoms with E-state index in [0.717, 1.165) is 0 Å². The maximum Gasteiger partial charge on any atom is 0.201 e. The first kappa shape index (κ1) is 12.7. The van der Waals surface area contributed by atoms with Crippen molar-refractivity contribution in [3.8, 4) is 0 Å². The van der Waals surface area contributed by atoms with Crippen LogP contribution in [0.4, 0.5) is 0 Å². The molecule has 0 saturated heterocycles. The van der Waals surface area contributed by atoms with Crippen molar-refractivity contribution >= 4 is 28.7 Å². The SMILES string of the molecule is CC(OC(C)(C)C)C(=O)c1ccc(Cl)s1. The van der Waals surface area contributed by atoms with Gasteiger partial charge in [0.2, 0.25) is 5.78 Å². The third kappa shape index (κ3) is 3.93. The molecule has 1 aromatic rings. The molecule has 1 aromatic heterocycles. The lowest BCUT2D eigenvalue weighted by Gasteiger charge is -2.23. The van der Waals surface area contributed by atoms with E-state index < -0.39 is 6.10 Å². The van der Waals surface area contributed by atoms with Gasteiger partial charge in [-0.2, -0.15) is 0 Å². The first-order valence-electron chi connectivity index (χ1n) is 4.77. The van der Waals surface area contributed by atoms with Crippen LogP contribution in [0.25, 0.3) is 0 Å². The fourth-order valence-corrected chi connectivity index (χ4v) is 2.29. The van der Waals surface area contributed by atoms with Crippen molar-refractivity contribution in [3.05, 3.63) is 21.3 Å². The highest BCUT2D eigenvalue weighted by molar-refractivity contribution is 7.18. The molecule has 0 spiro atoms. The van der Waals surface area contributed by atoms with Gasteiger partial charge in [0.05, 0.1) is 14.8 Å². The number of Topliss-reactive ketones (excluding diaryl/α,β-unsaturated/α-hetero) is 1. The Kier molecular flexibility index (Phi) is 3.93. The molecule has 84 valence electrons. The van der Waals surface area contributed by atoms with Gasteiger partial charge in [-0.1, -0.05) is 11.6 Å². The lowest BCUT2D eigenvalue weighted by molar-refractivity contribution is -0.0380. The molecule has 0 amide bonds. The molecule has 0 bridgehead atoms. The van der Waals surface area contributed by atoms with E-state index in [1.807, 2.05) is 20.8 Å². The molecule has 0 radical (unpaired) electrons. The maximum atomic E-state index is 11.9. The first-order valence-corrected chi connectivity index (χ1v) is 5.96. The highest BCUT2D eigenvalue weighted by Crippen LogP contribution is 2.24. The third-order valence-corrected chi connectivity index (χ3v) is 2.96. The van der Waals surface area contributed by atoms with Gasteiger partial charge in [0.1, 0.15) is 6.10 Å². The summed E-state index contributed by atoms with van der Waals surface area (Å²) in [4.78, 5) is 12.5. The summed E-state index contributed by atoms with van der Waals surface area (Å²) in [5.41, 5.74) is -0.309. The van der Waals surface area contributed by atoms with Crippen LogP contribution in [0, 0.1) is 0 Å². The molecule has 0 fully saturated rings. The minimum absolute atomic E-state index is 0.0122. The van der Waals surface area contributed by atoms with Gasteiger partial charge in [0, 0.05) is 0 Å². The van der Waals surface area contributed by atoms with E-state index in [1.165, 1.54) is 11.3 Å². The van der Waals surface area contributed by atoms with E-state index >= 15 is 0 Å². The van der Waals surface area contributed by atoms with Crippen molar-refractivity contribution in [2.75, 3.05) is 0 Å². The summed E-state index contributed by atoms with van der Waals surface area (Å²) < 4.78 is 6.20. The summed E-state index contributed by atoms with van der Waals surface area (Å²) in [6.45, 7) is 7.55. The molecule has 0 aliphatic heterocycles. The van der Waals surface area contributed by atoms with E-state index in [-0.39, 0.29) is 11.4 Å². The smallest absolute Gasteiger partial charge is 0.201 e. The molecule has 1 unspecified atom stereocenters. The largest absolute Gasteiger partial charge is 0.365 e. The number of halogens is 1. The summed E-state index contributed by atoms with van der Waals surface area (Å²) in [5, 5.41) is 0. The number of hydrogen-bond acceptors (Lipinski definition) is 3. The fourth-order valence-electron chi connectivity index (χ4n) is 1.23. The summed E-state index contributed by atoms with van der Waals surface area (Å²) in [6, 6.07) is 3.46. The molecule has 0 aliphatic rings. The minimum atomic E-state index is -0.431. The zero-order valence-corrected chi connectivity index (χ0v) is 10.9. The molecule has 1 heterocycles. The van der Waals surface area contributed by atoms with Crippen molar-refractivity contribution in [2.24, 2.45) is 0 Å². The highest BCUT2D eigenvalue weighted by Gasteiger charge is 2.23. The summed E-state index contributed by atoms with van der Waals surface area (Å²) in [5.74, 6) is -0.0122. The van der Waals surface area contributed by atoms with E-state index in [4.69, 9.17) is 16.3 Å². The van der Waals surface area contributed by atoms with Gasteiger partial charge >= 0.3 is 0 Å². The summed E-state index contributed by atoms with van der Waals surface area (Å²) >= 11 is 7.05. The second-order valence-electron chi connectivity index (χ2n) is 4.34. The Bertz CT molecular complexity index is 352. The normalized spacial score (nSPS) is 13.9. The van der Waals surface area contributed by atoms with E-state index in [0.29, 0.717) is 9.21 Å².